The fourth-order valence-corrected chi connectivity index (χ4v) is 3.13. The second-order valence-electron chi connectivity index (χ2n) is 5.94. The molecule has 2 rings (SSSR count). The molecule has 0 spiro atoms. The van der Waals surface area contributed by atoms with Crippen LogP contribution >= 0.6 is 11.5 Å². The maximum Gasteiger partial charge on any atom is 0.0857 e. The van der Waals surface area contributed by atoms with E-state index in [0.29, 0.717) is 0 Å². The van der Waals surface area contributed by atoms with Gasteiger partial charge in [-0.05, 0) is 30.4 Å². The number of aromatic nitrogens is 4. The van der Waals surface area contributed by atoms with Gasteiger partial charge in [-0.1, -0.05) is 25.3 Å². The van der Waals surface area contributed by atoms with Crippen molar-refractivity contribution in [3.63, 3.8) is 0 Å². The Balaban J connectivity index is 2.13. The van der Waals surface area contributed by atoms with Crippen molar-refractivity contribution in [2.45, 2.75) is 45.1 Å². The van der Waals surface area contributed by atoms with Crippen molar-refractivity contribution in [2.24, 2.45) is 12.9 Å². The molecular weight excluding hydrogens is 272 g/mol. The zero-order valence-electron chi connectivity index (χ0n) is 12.4. The predicted molar refractivity (Wildman–Crippen MR) is 80.2 cm³/mol. The van der Waals surface area contributed by atoms with Gasteiger partial charge in [-0.25, -0.2) is 0 Å². The highest BCUT2D eigenvalue weighted by molar-refractivity contribution is 7.05. The van der Waals surface area contributed by atoms with Crippen molar-refractivity contribution in [2.75, 3.05) is 0 Å². The Morgan fingerprint density at radius 1 is 1.45 bits per heavy atom. The summed E-state index contributed by atoms with van der Waals surface area (Å²) < 4.78 is 5.99. The standard InChI is InChI=1S/C13H22N6S/c1-13(2,3)12-11(20-18-17-12)10(16-14)6-5-9-7-8-15-19(9)4/h7-8,10,16H,5-6,14H2,1-4H3. The van der Waals surface area contributed by atoms with Gasteiger partial charge in [0.05, 0.1) is 16.6 Å². The molecule has 6 nitrogen and oxygen atoms in total. The largest absolute Gasteiger partial charge is 0.273 e. The summed E-state index contributed by atoms with van der Waals surface area (Å²) in [6, 6.07) is 2.10. The molecule has 3 N–H and O–H groups in total. The van der Waals surface area contributed by atoms with Gasteiger partial charge in [0.25, 0.3) is 0 Å². The van der Waals surface area contributed by atoms with Gasteiger partial charge in [0, 0.05) is 24.4 Å². The van der Waals surface area contributed by atoms with Crippen molar-refractivity contribution in [3.8, 4) is 0 Å². The van der Waals surface area contributed by atoms with Crippen molar-refractivity contribution in [1.82, 2.24) is 24.8 Å². The third-order valence-corrected chi connectivity index (χ3v) is 4.19. The molecule has 0 aromatic carbocycles. The molecule has 2 heterocycles. The zero-order chi connectivity index (χ0) is 14.8. The minimum atomic E-state index is -0.0238. The van der Waals surface area contributed by atoms with Crippen LogP contribution in [0, 0.1) is 0 Å². The van der Waals surface area contributed by atoms with Crippen LogP contribution in [-0.2, 0) is 18.9 Å². The Bertz CT molecular complexity index is 553. The van der Waals surface area contributed by atoms with E-state index < -0.39 is 0 Å². The molecule has 2 aromatic rings. The normalized spacial score (nSPS) is 13.7. The minimum absolute atomic E-state index is 0.0238. The van der Waals surface area contributed by atoms with Crippen LogP contribution < -0.4 is 11.3 Å². The summed E-state index contributed by atoms with van der Waals surface area (Å²) in [7, 11) is 1.95. The zero-order valence-corrected chi connectivity index (χ0v) is 13.2. The predicted octanol–water partition coefficient (Wildman–Crippen LogP) is 1.71. The van der Waals surface area contributed by atoms with Gasteiger partial charge in [-0.15, -0.1) is 5.10 Å². The molecule has 0 radical (unpaired) electrons. The molecule has 0 saturated heterocycles. The average molecular weight is 294 g/mol. The quantitative estimate of drug-likeness (QED) is 0.648. The van der Waals surface area contributed by atoms with E-state index in [-0.39, 0.29) is 11.5 Å². The Hall–Kier alpha value is -1.31. The Morgan fingerprint density at radius 2 is 2.20 bits per heavy atom. The molecule has 0 aliphatic heterocycles. The summed E-state index contributed by atoms with van der Waals surface area (Å²) in [5, 5.41) is 8.46. The van der Waals surface area contributed by atoms with Gasteiger partial charge in [0.15, 0.2) is 0 Å². The summed E-state index contributed by atoms with van der Waals surface area (Å²) in [5.41, 5.74) is 5.09. The number of nitrogens with zero attached hydrogens (tertiary/aromatic N) is 4. The van der Waals surface area contributed by atoms with Crippen LogP contribution in [0.25, 0.3) is 0 Å². The van der Waals surface area contributed by atoms with Gasteiger partial charge in [0.1, 0.15) is 0 Å². The number of nitrogens with two attached hydrogens (primary N) is 1. The summed E-state index contributed by atoms with van der Waals surface area (Å²) in [4.78, 5) is 1.13. The molecule has 1 unspecified atom stereocenters. The lowest BCUT2D eigenvalue weighted by molar-refractivity contribution is 0.489. The second kappa shape index (κ2) is 5.99. The Labute approximate surface area is 123 Å². The first-order valence-electron chi connectivity index (χ1n) is 6.69. The molecule has 0 aliphatic carbocycles. The third-order valence-electron chi connectivity index (χ3n) is 3.35. The van der Waals surface area contributed by atoms with Crippen molar-refractivity contribution in [3.05, 3.63) is 28.5 Å². The van der Waals surface area contributed by atoms with Gasteiger partial charge >= 0.3 is 0 Å². The monoisotopic (exact) mass is 294 g/mol. The highest BCUT2D eigenvalue weighted by Crippen LogP contribution is 2.31. The summed E-state index contributed by atoms with van der Waals surface area (Å²) >= 11 is 1.42. The molecule has 2 aromatic heterocycles. The highest BCUT2D eigenvalue weighted by atomic mass is 32.1. The van der Waals surface area contributed by atoms with Gasteiger partial charge in [-0.2, -0.15) is 5.10 Å². The highest BCUT2D eigenvalue weighted by Gasteiger charge is 2.26. The molecular formula is C13H22N6S. The van der Waals surface area contributed by atoms with E-state index in [2.05, 4.69) is 40.9 Å². The van der Waals surface area contributed by atoms with E-state index in [1.54, 1.807) is 0 Å². The molecule has 20 heavy (non-hydrogen) atoms. The number of hydrogen-bond donors (Lipinski definition) is 2. The smallest absolute Gasteiger partial charge is 0.0857 e. The van der Waals surface area contributed by atoms with Gasteiger partial charge in [0.2, 0.25) is 0 Å². The van der Waals surface area contributed by atoms with E-state index in [9.17, 15) is 0 Å². The van der Waals surface area contributed by atoms with E-state index in [4.69, 9.17) is 5.84 Å². The van der Waals surface area contributed by atoms with Crippen LogP contribution in [0.5, 0.6) is 0 Å². The lowest BCUT2D eigenvalue weighted by Gasteiger charge is -2.21. The SMILES string of the molecule is Cn1nccc1CCC(NN)c1snnc1C(C)(C)C. The van der Waals surface area contributed by atoms with E-state index in [1.807, 2.05) is 24.0 Å². The van der Waals surface area contributed by atoms with Gasteiger partial charge < -0.3 is 0 Å². The summed E-state index contributed by atoms with van der Waals surface area (Å²) in [5.74, 6) is 5.73. The Morgan fingerprint density at radius 3 is 2.75 bits per heavy atom. The van der Waals surface area contributed by atoms with E-state index >= 15 is 0 Å². The lowest BCUT2D eigenvalue weighted by Crippen LogP contribution is -2.30. The molecule has 0 aliphatic rings. The minimum Gasteiger partial charge on any atom is -0.273 e. The molecule has 0 saturated carbocycles. The number of nitrogens with one attached hydrogen (secondary N) is 1. The molecule has 0 bridgehead atoms. The topological polar surface area (TPSA) is 81.7 Å². The van der Waals surface area contributed by atoms with Crippen molar-refractivity contribution >= 4 is 11.5 Å². The van der Waals surface area contributed by atoms with Crippen LogP contribution in [0.3, 0.4) is 0 Å². The number of rotatable bonds is 5. The molecule has 1 atom stereocenters. The average Bonchev–Trinajstić information content (AvgIpc) is 2.99. The molecule has 0 amide bonds. The molecule has 110 valence electrons. The summed E-state index contributed by atoms with van der Waals surface area (Å²) in [6.07, 6.45) is 3.62. The van der Waals surface area contributed by atoms with Crippen LogP contribution in [0.15, 0.2) is 12.3 Å². The fourth-order valence-electron chi connectivity index (χ4n) is 2.17. The first-order valence-corrected chi connectivity index (χ1v) is 7.46. The maximum absolute atomic E-state index is 5.73. The van der Waals surface area contributed by atoms with Crippen molar-refractivity contribution < 1.29 is 0 Å². The number of hydrogen-bond acceptors (Lipinski definition) is 6. The third kappa shape index (κ3) is 3.23. The fraction of sp³-hybridized carbons (Fsp3) is 0.615. The number of hydrazine groups is 1. The second-order valence-corrected chi connectivity index (χ2v) is 6.73. The van der Waals surface area contributed by atoms with Crippen LogP contribution in [-0.4, -0.2) is 19.4 Å². The lowest BCUT2D eigenvalue weighted by atomic mass is 9.89. The first kappa shape index (κ1) is 15.1. The van der Waals surface area contributed by atoms with Crippen molar-refractivity contribution in [1.29, 1.82) is 0 Å². The van der Waals surface area contributed by atoms with Gasteiger partial charge in [-0.3, -0.25) is 16.0 Å². The summed E-state index contributed by atoms with van der Waals surface area (Å²) in [6.45, 7) is 6.42. The molecule has 7 heteroatoms. The van der Waals surface area contributed by atoms with Crippen LogP contribution in [0.1, 0.15) is 49.5 Å². The van der Waals surface area contributed by atoms with E-state index in [0.717, 1.165) is 23.4 Å². The Kier molecular flexibility index (Phi) is 4.52. The van der Waals surface area contributed by atoms with E-state index in [1.165, 1.54) is 17.2 Å². The first-order chi connectivity index (χ1) is 9.43. The number of aryl methyl sites for hydroxylation is 2. The molecule has 0 fully saturated rings. The van der Waals surface area contributed by atoms with Crippen LogP contribution in [0.4, 0.5) is 0 Å². The van der Waals surface area contributed by atoms with Crippen LogP contribution in [0.2, 0.25) is 0 Å². The maximum atomic E-state index is 5.73.